The molecule has 21 heavy (non-hydrogen) atoms. The molecule has 3 aromatic rings. The molecule has 0 spiro atoms. The van der Waals surface area contributed by atoms with Crippen molar-refractivity contribution in [2.24, 2.45) is 0 Å². The zero-order chi connectivity index (χ0) is 14.7. The van der Waals surface area contributed by atoms with Gasteiger partial charge in [-0.1, -0.05) is 0 Å². The van der Waals surface area contributed by atoms with Crippen LogP contribution in [0.25, 0.3) is 11.0 Å². The van der Waals surface area contributed by atoms with Crippen LogP contribution in [0.15, 0.2) is 35.8 Å². The lowest BCUT2D eigenvalue weighted by Gasteiger charge is -2.05. The number of thioether (sulfide) groups is 1. The number of nitrogens with zero attached hydrogens (tertiary/aromatic N) is 4. The van der Waals surface area contributed by atoms with Crippen molar-refractivity contribution in [3.63, 3.8) is 0 Å². The SMILES string of the molecule is Cc1[nH]cnc1CSCCn1cnc2ncccc2c1=O. The fraction of sp³-hybridized carbons (Fsp3) is 0.286. The summed E-state index contributed by atoms with van der Waals surface area (Å²) in [5.74, 6) is 1.67. The zero-order valence-corrected chi connectivity index (χ0v) is 12.4. The molecule has 108 valence electrons. The van der Waals surface area contributed by atoms with Crippen molar-refractivity contribution in [3.8, 4) is 0 Å². The van der Waals surface area contributed by atoms with Crippen LogP contribution in [0.1, 0.15) is 11.4 Å². The van der Waals surface area contributed by atoms with Gasteiger partial charge in [0.15, 0.2) is 5.65 Å². The van der Waals surface area contributed by atoms with Crippen LogP contribution in [0.3, 0.4) is 0 Å². The highest BCUT2D eigenvalue weighted by Gasteiger charge is 2.05. The van der Waals surface area contributed by atoms with Gasteiger partial charge in [0.05, 0.1) is 17.4 Å². The summed E-state index contributed by atoms with van der Waals surface area (Å²) in [5.41, 5.74) is 2.62. The van der Waals surface area contributed by atoms with Crippen LogP contribution >= 0.6 is 11.8 Å². The Labute approximate surface area is 125 Å². The maximum atomic E-state index is 12.3. The van der Waals surface area contributed by atoms with Crippen molar-refractivity contribution in [2.75, 3.05) is 5.75 Å². The molecule has 7 heteroatoms. The van der Waals surface area contributed by atoms with E-state index in [9.17, 15) is 4.79 Å². The first-order valence-electron chi connectivity index (χ1n) is 6.62. The van der Waals surface area contributed by atoms with Crippen molar-refractivity contribution in [1.29, 1.82) is 0 Å². The summed E-state index contributed by atoms with van der Waals surface area (Å²) >= 11 is 1.75. The monoisotopic (exact) mass is 301 g/mol. The van der Waals surface area contributed by atoms with Gasteiger partial charge in [0.1, 0.15) is 6.33 Å². The van der Waals surface area contributed by atoms with Gasteiger partial charge in [-0.25, -0.2) is 15.0 Å². The fourth-order valence-corrected chi connectivity index (χ4v) is 2.98. The predicted octanol–water partition coefficient (Wildman–Crippen LogP) is 1.76. The molecule has 0 aromatic carbocycles. The molecule has 0 unspecified atom stereocenters. The number of imidazole rings is 1. The summed E-state index contributed by atoms with van der Waals surface area (Å²) in [5, 5.41) is 0.563. The van der Waals surface area contributed by atoms with Crippen LogP contribution in [0.5, 0.6) is 0 Å². The lowest BCUT2D eigenvalue weighted by Crippen LogP contribution is -2.21. The molecular formula is C14H15N5OS. The fourth-order valence-electron chi connectivity index (χ4n) is 2.02. The maximum absolute atomic E-state index is 12.3. The third-order valence-electron chi connectivity index (χ3n) is 3.25. The largest absolute Gasteiger partial charge is 0.348 e. The van der Waals surface area contributed by atoms with Gasteiger partial charge in [-0.15, -0.1) is 0 Å². The van der Waals surface area contributed by atoms with Gasteiger partial charge >= 0.3 is 0 Å². The Hall–Kier alpha value is -2.15. The molecule has 0 aliphatic carbocycles. The first kappa shape index (κ1) is 13.8. The molecule has 3 heterocycles. The Balaban J connectivity index is 1.64. The molecule has 0 atom stereocenters. The van der Waals surface area contributed by atoms with Crippen molar-refractivity contribution in [1.82, 2.24) is 24.5 Å². The lowest BCUT2D eigenvalue weighted by molar-refractivity contribution is 0.723. The molecule has 0 aliphatic rings. The van der Waals surface area contributed by atoms with Crippen molar-refractivity contribution < 1.29 is 0 Å². The van der Waals surface area contributed by atoms with E-state index in [2.05, 4.69) is 19.9 Å². The molecule has 0 fully saturated rings. The van der Waals surface area contributed by atoms with Gasteiger partial charge in [0.25, 0.3) is 5.56 Å². The van der Waals surface area contributed by atoms with E-state index in [1.165, 1.54) is 0 Å². The van der Waals surface area contributed by atoms with Crippen LogP contribution < -0.4 is 5.56 Å². The number of aromatic amines is 1. The first-order chi connectivity index (χ1) is 10.3. The Morgan fingerprint density at radius 3 is 3.05 bits per heavy atom. The van der Waals surface area contributed by atoms with Crippen LogP contribution in [0.2, 0.25) is 0 Å². The summed E-state index contributed by atoms with van der Waals surface area (Å²) in [6, 6.07) is 3.51. The molecule has 0 aliphatic heterocycles. The van der Waals surface area contributed by atoms with E-state index < -0.39 is 0 Å². The molecule has 3 aromatic heterocycles. The van der Waals surface area contributed by atoms with Crippen molar-refractivity contribution in [3.05, 3.63) is 52.7 Å². The van der Waals surface area contributed by atoms with E-state index in [0.717, 1.165) is 22.9 Å². The molecule has 0 saturated carbocycles. The van der Waals surface area contributed by atoms with Crippen molar-refractivity contribution >= 4 is 22.8 Å². The van der Waals surface area contributed by atoms with Crippen molar-refractivity contribution in [2.45, 2.75) is 19.2 Å². The van der Waals surface area contributed by atoms with E-state index >= 15 is 0 Å². The number of H-pyrrole nitrogens is 1. The third kappa shape index (κ3) is 2.97. The minimum absolute atomic E-state index is 0.0374. The number of fused-ring (bicyclic) bond motifs is 1. The van der Waals surface area contributed by atoms with E-state index in [-0.39, 0.29) is 5.56 Å². The van der Waals surface area contributed by atoms with Gasteiger partial charge in [0, 0.05) is 29.9 Å². The summed E-state index contributed by atoms with van der Waals surface area (Å²) < 4.78 is 1.63. The second kappa shape index (κ2) is 6.09. The molecule has 3 rings (SSSR count). The van der Waals surface area contributed by atoms with Gasteiger partial charge in [-0.3, -0.25) is 9.36 Å². The number of pyridine rings is 1. The highest BCUT2D eigenvalue weighted by atomic mass is 32.2. The normalized spacial score (nSPS) is 11.1. The Morgan fingerprint density at radius 2 is 2.24 bits per heavy atom. The average Bonchev–Trinajstić information content (AvgIpc) is 2.91. The van der Waals surface area contributed by atoms with Gasteiger partial charge in [-0.2, -0.15) is 11.8 Å². The van der Waals surface area contributed by atoms with E-state index in [1.807, 2.05) is 6.92 Å². The molecule has 0 amide bonds. The topological polar surface area (TPSA) is 76.5 Å². The molecule has 0 bridgehead atoms. The molecule has 0 radical (unpaired) electrons. The van der Waals surface area contributed by atoms with Crippen LogP contribution in [0, 0.1) is 6.92 Å². The number of hydrogen-bond acceptors (Lipinski definition) is 5. The quantitative estimate of drug-likeness (QED) is 0.727. The number of rotatable bonds is 5. The minimum Gasteiger partial charge on any atom is -0.348 e. The smallest absolute Gasteiger partial charge is 0.262 e. The predicted molar refractivity (Wildman–Crippen MR) is 83.3 cm³/mol. The number of aromatic nitrogens is 5. The molecular weight excluding hydrogens is 286 g/mol. The second-order valence-electron chi connectivity index (χ2n) is 4.64. The van der Waals surface area contributed by atoms with Crippen LogP contribution in [0.4, 0.5) is 0 Å². The Kier molecular flexibility index (Phi) is 4.01. The lowest BCUT2D eigenvalue weighted by atomic mass is 10.3. The third-order valence-corrected chi connectivity index (χ3v) is 4.20. The van der Waals surface area contributed by atoms with Gasteiger partial charge < -0.3 is 4.98 Å². The number of aryl methyl sites for hydroxylation is 2. The van der Waals surface area contributed by atoms with Gasteiger partial charge in [-0.05, 0) is 19.1 Å². The molecule has 0 saturated heterocycles. The average molecular weight is 301 g/mol. The maximum Gasteiger partial charge on any atom is 0.262 e. The number of hydrogen-bond donors (Lipinski definition) is 1. The Morgan fingerprint density at radius 1 is 1.33 bits per heavy atom. The Bertz CT molecular complexity index is 810. The summed E-state index contributed by atoms with van der Waals surface area (Å²) in [6.45, 7) is 2.64. The number of nitrogens with one attached hydrogen (secondary N) is 1. The second-order valence-corrected chi connectivity index (χ2v) is 5.75. The minimum atomic E-state index is -0.0374. The highest BCUT2D eigenvalue weighted by Crippen LogP contribution is 2.12. The van der Waals surface area contributed by atoms with Crippen LogP contribution in [-0.4, -0.2) is 30.3 Å². The summed E-state index contributed by atoms with van der Waals surface area (Å²) in [7, 11) is 0. The van der Waals surface area contributed by atoms with Crippen LogP contribution in [-0.2, 0) is 12.3 Å². The summed E-state index contributed by atoms with van der Waals surface area (Å²) in [6.07, 6.45) is 4.91. The summed E-state index contributed by atoms with van der Waals surface area (Å²) in [4.78, 5) is 27.9. The zero-order valence-electron chi connectivity index (χ0n) is 11.6. The standard InChI is InChI=1S/C14H15N5OS/c1-10-12(17-8-16-10)7-21-6-5-19-9-18-13-11(14(19)20)3-2-4-15-13/h2-4,8-9H,5-7H2,1H3,(H,16,17). The molecule has 6 nitrogen and oxygen atoms in total. The van der Waals surface area contributed by atoms with E-state index in [1.54, 1.807) is 47.3 Å². The van der Waals surface area contributed by atoms with E-state index in [0.29, 0.717) is 17.6 Å². The molecule has 1 N–H and O–H groups in total. The van der Waals surface area contributed by atoms with E-state index in [4.69, 9.17) is 0 Å². The first-order valence-corrected chi connectivity index (χ1v) is 7.78. The highest BCUT2D eigenvalue weighted by molar-refractivity contribution is 7.98. The van der Waals surface area contributed by atoms with Gasteiger partial charge in [0.2, 0.25) is 0 Å².